The zero-order valence-electron chi connectivity index (χ0n) is 18.7. The third-order valence-corrected chi connectivity index (χ3v) is 7.83. The van der Waals surface area contributed by atoms with Gasteiger partial charge >= 0.3 is 0 Å². The number of hydrogen-bond donors (Lipinski definition) is 2. The number of thiophene rings is 1. The average molecular weight is 471 g/mol. The number of benzene rings is 1. The van der Waals surface area contributed by atoms with E-state index in [0.717, 1.165) is 48.1 Å². The lowest BCUT2D eigenvalue weighted by molar-refractivity contribution is -0.115. The Bertz CT molecular complexity index is 1140. The number of nitrogens with zero attached hydrogens (tertiary/aromatic N) is 2. The molecule has 0 aliphatic heterocycles. The number of thioether (sulfide) groups is 1. The van der Waals surface area contributed by atoms with Gasteiger partial charge in [-0.05, 0) is 69.5 Å². The predicted molar refractivity (Wildman–Crippen MR) is 135 cm³/mol. The Kier molecular flexibility index (Phi) is 7.65. The van der Waals surface area contributed by atoms with E-state index in [4.69, 9.17) is 4.98 Å². The first kappa shape index (κ1) is 23.0. The molecule has 6 nitrogen and oxygen atoms in total. The number of anilines is 1. The van der Waals surface area contributed by atoms with Crippen molar-refractivity contribution in [3.63, 3.8) is 0 Å². The third-order valence-electron chi connectivity index (χ3n) is 5.67. The van der Waals surface area contributed by atoms with E-state index >= 15 is 0 Å². The Labute approximate surface area is 196 Å². The first-order valence-electron chi connectivity index (χ1n) is 11.1. The van der Waals surface area contributed by atoms with Gasteiger partial charge in [-0.1, -0.05) is 12.1 Å². The Morgan fingerprint density at radius 1 is 1.22 bits per heavy atom. The smallest absolute Gasteiger partial charge is 0.259 e. The second-order valence-corrected chi connectivity index (χ2v) is 10.7. The maximum Gasteiger partial charge on any atom is 0.259 e. The number of H-pyrrole nitrogens is 1. The van der Waals surface area contributed by atoms with Crippen LogP contribution in [0.15, 0.2) is 29.1 Å². The lowest BCUT2D eigenvalue weighted by Gasteiger charge is -2.10. The molecule has 3 aromatic rings. The molecule has 1 aliphatic carbocycles. The highest BCUT2D eigenvalue weighted by Crippen LogP contribution is 2.33. The van der Waals surface area contributed by atoms with E-state index in [0.29, 0.717) is 23.8 Å². The lowest BCUT2D eigenvalue weighted by Crippen LogP contribution is -2.15. The van der Waals surface area contributed by atoms with E-state index in [1.165, 1.54) is 22.4 Å². The van der Waals surface area contributed by atoms with Crippen molar-refractivity contribution in [3.8, 4) is 0 Å². The highest BCUT2D eigenvalue weighted by Gasteiger charge is 2.19. The van der Waals surface area contributed by atoms with Gasteiger partial charge in [0.2, 0.25) is 5.91 Å². The van der Waals surface area contributed by atoms with Crippen molar-refractivity contribution >= 4 is 44.9 Å². The molecule has 0 saturated heterocycles. The van der Waals surface area contributed by atoms with Gasteiger partial charge < -0.3 is 15.2 Å². The zero-order chi connectivity index (χ0) is 22.5. The predicted octanol–water partition coefficient (Wildman–Crippen LogP) is 4.23. The van der Waals surface area contributed by atoms with Gasteiger partial charge in [-0.15, -0.1) is 11.3 Å². The van der Waals surface area contributed by atoms with Gasteiger partial charge in [-0.3, -0.25) is 9.59 Å². The van der Waals surface area contributed by atoms with Crippen LogP contribution in [0.5, 0.6) is 0 Å². The summed E-state index contributed by atoms with van der Waals surface area (Å²) in [4.78, 5) is 36.9. The number of nitrogens with one attached hydrogen (secondary N) is 2. The van der Waals surface area contributed by atoms with Crippen LogP contribution in [0.4, 0.5) is 5.69 Å². The van der Waals surface area contributed by atoms with Gasteiger partial charge in [-0.25, -0.2) is 4.98 Å². The number of aryl methyl sites for hydroxylation is 2. The van der Waals surface area contributed by atoms with Gasteiger partial charge in [0.05, 0.1) is 11.1 Å². The maximum atomic E-state index is 12.6. The summed E-state index contributed by atoms with van der Waals surface area (Å²) >= 11 is 3.29. The van der Waals surface area contributed by atoms with Crippen molar-refractivity contribution in [1.82, 2.24) is 14.9 Å². The van der Waals surface area contributed by atoms with Crippen LogP contribution in [-0.2, 0) is 29.8 Å². The summed E-state index contributed by atoms with van der Waals surface area (Å²) in [6.45, 7) is 1.00. The van der Waals surface area contributed by atoms with Crippen molar-refractivity contribution in [2.45, 2.75) is 44.3 Å². The van der Waals surface area contributed by atoms with Crippen LogP contribution in [0, 0.1) is 0 Å². The molecule has 0 unspecified atom stereocenters. The Morgan fingerprint density at radius 3 is 2.78 bits per heavy atom. The summed E-state index contributed by atoms with van der Waals surface area (Å²) in [6.07, 6.45) is 5.82. The van der Waals surface area contributed by atoms with Gasteiger partial charge in [0.1, 0.15) is 10.7 Å². The van der Waals surface area contributed by atoms with E-state index in [1.54, 1.807) is 23.1 Å². The molecule has 0 spiro atoms. The topological polar surface area (TPSA) is 78.1 Å². The largest absolute Gasteiger partial charge is 0.326 e. The number of fused-ring (bicyclic) bond motifs is 3. The fourth-order valence-corrected chi connectivity index (χ4v) is 6.03. The molecule has 1 amide bonds. The minimum Gasteiger partial charge on any atom is -0.326 e. The molecule has 170 valence electrons. The van der Waals surface area contributed by atoms with E-state index in [-0.39, 0.29) is 11.5 Å². The number of amides is 1. The quantitative estimate of drug-likeness (QED) is 0.458. The van der Waals surface area contributed by atoms with Gasteiger partial charge in [0.15, 0.2) is 0 Å². The molecule has 1 aliphatic rings. The molecule has 2 N–H and O–H groups in total. The van der Waals surface area contributed by atoms with Gasteiger partial charge in [-0.2, -0.15) is 11.8 Å². The summed E-state index contributed by atoms with van der Waals surface area (Å²) in [7, 11) is 4.13. The number of aromatic amines is 1. The zero-order valence-corrected chi connectivity index (χ0v) is 20.3. The first-order valence-corrected chi connectivity index (χ1v) is 13.1. The van der Waals surface area contributed by atoms with E-state index in [1.807, 2.05) is 12.1 Å². The molecule has 1 aromatic carbocycles. The second-order valence-electron chi connectivity index (χ2n) is 8.50. The Hall–Kier alpha value is -2.16. The highest BCUT2D eigenvalue weighted by molar-refractivity contribution is 7.98. The molecule has 2 aromatic heterocycles. The molecule has 32 heavy (non-hydrogen) atoms. The minimum absolute atomic E-state index is 0.00128. The van der Waals surface area contributed by atoms with Crippen molar-refractivity contribution in [2.24, 2.45) is 0 Å². The number of carbonyl (C=O) groups is 1. The Morgan fingerprint density at radius 2 is 2.00 bits per heavy atom. The van der Waals surface area contributed by atoms with Crippen LogP contribution in [0.2, 0.25) is 0 Å². The molecule has 0 saturated carbocycles. The van der Waals surface area contributed by atoms with E-state index in [2.05, 4.69) is 41.4 Å². The molecule has 8 heteroatoms. The van der Waals surface area contributed by atoms with Crippen LogP contribution >= 0.6 is 23.1 Å². The van der Waals surface area contributed by atoms with Crippen molar-refractivity contribution < 1.29 is 4.79 Å². The molecule has 0 atom stereocenters. The summed E-state index contributed by atoms with van der Waals surface area (Å²) in [5, 5.41) is 3.76. The third kappa shape index (κ3) is 5.79. The summed E-state index contributed by atoms with van der Waals surface area (Å²) in [5.74, 6) is 1.97. The lowest BCUT2D eigenvalue weighted by atomic mass is 9.97. The summed E-state index contributed by atoms with van der Waals surface area (Å²) in [5.41, 5.74) is 3.28. The standard InChI is InChI=1S/C24H30N4O2S2/c1-28(2)13-11-16-7-9-17(10-8-16)25-21(29)12-14-31-15-20-26-23(30)22-18-5-3-4-6-19(18)32-24(22)27-20/h7-10H,3-6,11-15H2,1-2H3,(H,25,29)(H,26,27,30). The van der Waals surface area contributed by atoms with Crippen LogP contribution in [0.3, 0.4) is 0 Å². The van der Waals surface area contributed by atoms with E-state index < -0.39 is 0 Å². The van der Waals surface area contributed by atoms with Crippen molar-refractivity contribution in [3.05, 3.63) is 56.4 Å². The summed E-state index contributed by atoms with van der Waals surface area (Å²) in [6, 6.07) is 8.05. The normalized spacial score (nSPS) is 13.5. The number of likely N-dealkylation sites (N-methyl/N-ethyl adjacent to an activating group) is 1. The summed E-state index contributed by atoms with van der Waals surface area (Å²) < 4.78 is 0. The van der Waals surface area contributed by atoms with E-state index in [9.17, 15) is 9.59 Å². The molecule has 0 fully saturated rings. The fraction of sp³-hybridized carbons (Fsp3) is 0.458. The second kappa shape index (κ2) is 10.6. The van der Waals surface area contributed by atoms with Crippen molar-refractivity contribution in [1.29, 1.82) is 0 Å². The van der Waals surface area contributed by atoms with Crippen LogP contribution < -0.4 is 10.9 Å². The number of rotatable bonds is 9. The molecule has 4 rings (SSSR count). The van der Waals surface area contributed by atoms with Crippen LogP contribution in [0.1, 0.15) is 41.1 Å². The number of hydrogen-bond acceptors (Lipinski definition) is 6. The molecular weight excluding hydrogens is 440 g/mol. The highest BCUT2D eigenvalue weighted by atomic mass is 32.2. The monoisotopic (exact) mass is 470 g/mol. The van der Waals surface area contributed by atoms with Crippen molar-refractivity contribution in [2.75, 3.05) is 31.7 Å². The molecular formula is C24H30N4O2S2. The number of aromatic nitrogens is 2. The van der Waals surface area contributed by atoms with Crippen LogP contribution in [-0.4, -0.2) is 47.2 Å². The number of carbonyl (C=O) groups excluding carboxylic acids is 1. The Balaban J connectivity index is 1.25. The van der Waals surface area contributed by atoms with Gasteiger partial charge in [0.25, 0.3) is 5.56 Å². The first-order chi connectivity index (χ1) is 15.5. The molecule has 0 radical (unpaired) electrons. The molecule has 2 heterocycles. The van der Waals surface area contributed by atoms with Crippen LogP contribution in [0.25, 0.3) is 10.2 Å². The molecule has 0 bridgehead atoms. The maximum absolute atomic E-state index is 12.6. The average Bonchev–Trinajstić information content (AvgIpc) is 3.15. The fourth-order valence-electron chi connectivity index (χ4n) is 3.94. The van der Waals surface area contributed by atoms with Gasteiger partial charge in [0, 0.05) is 29.3 Å². The SMILES string of the molecule is CN(C)CCc1ccc(NC(=O)CCSCc2nc3sc4c(c3c(=O)[nH]2)CCCC4)cc1. The minimum atomic E-state index is -0.0169.